The van der Waals surface area contributed by atoms with Crippen LogP contribution in [0.1, 0.15) is 35.5 Å². The molecule has 1 aromatic rings. The molecule has 0 spiro atoms. The van der Waals surface area contributed by atoms with Gasteiger partial charge in [-0.05, 0) is 37.5 Å². The van der Waals surface area contributed by atoms with E-state index in [0.717, 1.165) is 16.7 Å². The van der Waals surface area contributed by atoms with Gasteiger partial charge in [-0.25, -0.2) is 8.42 Å². The molecule has 1 fully saturated rings. The van der Waals surface area contributed by atoms with Gasteiger partial charge >= 0.3 is 0 Å². The van der Waals surface area contributed by atoms with Gasteiger partial charge in [-0.1, -0.05) is 12.1 Å². The van der Waals surface area contributed by atoms with Gasteiger partial charge in [0.2, 0.25) is 0 Å². The first-order valence-corrected chi connectivity index (χ1v) is 9.47. The van der Waals surface area contributed by atoms with Crippen LogP contribution in [0.25, 0.3) is 0 Å². The maximum absolute atomic E-state index is 11.4. The number of rotatable bonds is 6. The van der Waals surface area contributed by atoms with Crippen molar-refractivity contribution in [2.45, 2.75) is 38.9 Å². The van der Waals surface area contributed by atoms with Gasteiger partial charge in [0, 0.05) is 24.9 Å². The zero-order valence-corrected chi connectivity index (χ0v) is 14.5. The average Bonchev–Trinajstić information content (AvgIpc) is 2.94. The summed E-state index contributed by atoms with van der Waals surface area (Å²) in [6.07, 6.45) is 1.01. The quantitative estimate of drug-likeness (QED) is 0.864. The van der Waals surface area contributed by atoms with Crippen molar-refractivity contribution in [1.82, 2.24) is 5.32 Å². The molecule has 1 aliphatic rings. The Labute approximate surface area is 132 Å². The van der Waals surface area contributed by atoms with Crippen LogP contribution in [0.4, 0.5) is 0 Å². The van der Waals surface area contributed by atoms with E-state index in [2.05, 4.69) is 24.4 Å². The summed E-state index contributed by atoms with van der Waals surface area (Å²) in [7, 11) is -2.99. The van der Waals surface area contributed by atoms with Crippen LogP contribution < -0.4 is 5.32 Å². The molecule has 0 saturated carbocycles. The summed E-state index contributed by atoms with van der Waals surface area (Å²) in [5.74, 6) is 0. The minimum absolute atomic E-state index is 0.258. The zero-order valence-electron chi connectivity index (χ0n) is 13.7. The maximum atomic E-state index is 11.4. The van der Waals surface area contributed by atoms with Gasteiger partial charge in [0.05, 0.1) is 18.5 Å². The predicted molar refractivity (Wildman–Crippen MR) is 86.6 cm³/mol. The number of aryl methyl sites for hydroxylation is 2. The summed E-state index contributed by atoms with van der Waals surface area (Å²) in [5, 5.41) is 2.84. The Hall–Kier alpha value is -0.950. The van der Waals surface area contributed by atoms with Gasteiger partial charge in [-0.15, -0.1) is 0 Å². The van der Waals surface area contributed by atoms with E-state index in [1.165, 1.54) is 11.8 Å². The number of benzene rings is 1. The van der Waals surface area contributed by atoms with Crippen molar-refractivity contribution in [2.24, 2.45) is 0 Å². The van der Waals surface area contributed by atoms with Gasteiger partial charge in [0.15, 0.2) is 16.1 Å². The van der Waals surface area contributed by atoms with Gasteiger partial charge in [-0.2, -0.15) is 0 Å². The van der Waals surface area contributed by atoms with Crippen LogP contribution >= 0.6 is 0 Å². The molecule has 0 amide bonds. The minimum atomic E-state index is -2.99. The first kappa shape index (κ1) is 17.4. The molecule has 5 nitrogen and oxygen atoms in total. The number of hydrogen-bond acceptors (Lipinski definition) is 5. The van der Waals surface area contributed by atoms with E-state index in [0.29, 0.717) is 26.3 Å². The Balaban J connectivity index is 2.01. The normalized spacial score (nSPS) is 17.8. The number of ether oxygens (including phenoxy) is 2. The fraction of sp³-hybridized carbons (Fsp3) is 0.625. The molecule has 1 N–H and O–H groups in total. The smallest absolute Gasteiger partial charge is 0.184 e. The van der Waals surface area contributed by atoms with E-state index in [1.54, 1.807) is 6.92 Å². The van der Waals surface area contributed by atoms with Gasteiger partial charge < -0.3 is 14.8 Å². The van der Waals surface area contributed by atoms with E-state index in [1.807, 2.05) is 6.92 Å². The third kappa shape index (κ3) is 4.29. The fourth-order valence-corrected chi connectivity index (χ4v) is 2.86. The molecule has 0 aromatic heterocycles. The van der Waals surface area contributed by atoms with Crippen LogP contribution in [0.5, 0.6) is 0 Å². The van der Waals surface area contributed by atoms with Crippen molar-refractivity contribution in [3.8, 4) is 0 Å². The Morgan fingerprint density at radius 3 is 2.45 bits per heavy atom. The summed E-state index contributed by atoms with van der Waals surface area (Å²) in [6, 6.07) is 4.22. The molecule has 1 unspecified atom stereocenters. The molecule has 1 saturated heterocycles. The molecule has 0 radical (unpaired) electrons. The first-order valence-electron chi connectivity index (χ1n) is 7.52. The molecule has 6 heteroatoms. The van der Waals surface area contributed by atoms with Gasteiger partial charge in [0.25, 0.3) is 0 Å². The van der Waals surface area contributed by atoms with E-state index in [4.69, 9.17) is 9.47 Å². The highest BCUT2D eigenvalue weighted by Gasteiger charge is 2.21. The summed E-state index contributed by atoms with van der Waals surface area (Å²) in [6.45, 7) is 8.19. The lowest BCUT2D eigenvalue weighted by molar-refractivity contribution is -0.0445. The number of hydrogen-bond donors (Lipinski definition) is 1. The number of nitrogens with one attached hydrogen (secondary N) is 1. The maximum Gasteiger partial charge on any atom is 0.184 e. The van der Waals surface area contributed by atoms with Crippen LogP contribution in [-0.2, 0) is 25.9 Å². The van der Waals surface area contributed by atoms with E-state index in [9.17, 15) is 8.42 Å². The van der Waals surface area contributed by atoms with Gasteiger partial charge in [-0.3, -0.25) is 0 Å². The molecule has 22 heavy (non-hydrogen) atoms. The van der Waals surface area contributed by atoms with E-state index in [-0.39, 0.29) is 11.5 Å². The van der Waals surface area contributed by atoms with Crippen molar-refractivity contribution < 1.29 is 17.9 Å². The Kier molecular flexibility index (Phi) is 5.60. The first-order chi connectivity index (χ1) is 10.3. The summed E-state index contributed by atoms with van der Waals surface area (Å²) in [4.78, 5) is 0. The average molecular weight is 327 g/mol. The van der Waals surface area contributed by atoms with Crippen LogP contribution in [0.15, 0.2) is 12.1 Å². The second-order valence-electron chi connectivity index (χ2n) is 5.98. The Morgan fingerprint density at radius 1 is 1.23 bits per heavy atom. The van der Waals surface area contributed by atoms with E-state index >= 15 is 0 Å². The molecular weight excluding hydrogens is 302 g/mol. The van der Waals surface area contributed by atoms with Gasteiger partial charge in [0.1, 0.15) is 0 Å². The molecule has 2 rings (SSSR count). The second kappa shape index (κ2) is 7.08. The van der Waals surface area contributed by atoms with Crippen LogP contribution in [-0.4, -0.2) is 39.7 Å². The molecular formula is C16H25NO4S. The third-order valence-corrected chi connectivity index (χ3v) is 5.71. The summed E-state index contributed by atoms with van der Waals surface area (Å²) in [5.41, 5.74) is 4.52. The SMILES string of the molecule is Cc1cc(C2OCCO2)c(C)cc1CNCC(C)S(C)(=O)=O. The Morgan fingerprint density at radius 2 is 1.86 bits per heavy atom. The highest BCUT2D eigenvalue weighted by Crippen LogP contribution is 2.28. The third-order valence-electron chi connectivity index (χ3n) is 4.08. The zero-order chi connectivity index (χ0) is 16.3. The molecule has 1 aliphatic heterocycles. The lowest BCUT2D eigenvalue weighted by Crippen LogP contribution is -2.30. The largest absolute Gasteiger partial charge is 0.346 e. The lowest BCUT2D eigenvalue weighted by Gasteiger charge is -2.17. The lowest BCUT2D eigenvalue weighted by atomic mass is 9.99. The standard InChI is InChI=1S/C16H25NO4S/c1-11-8-15(16-20-5-6-21-16)12(2)7-14(11)10-17-9-13(3)22(4,18)19/h7-8,13,16-17H,5-6,9-10H2,1-4H3. The predicted octanol–water partition coefficient (Wildman–Crippen LogP) is 1.87. The van der Waals surface area contributed by atoms with Crippen molar-refractivity contribution in [3.63, 3.8) is 0 Å². The van der Waals surface area contributed by atoms with Crippen molar-refractivity contribution >= 4 is 9.84 Å². The second-order valence-corrected chi connectivity index (χ2v) is 8.44. The molecule has 0 bridgehead atoms. The van der Waals surface area contributed by atoms with Crippen molar-refractivity contribution in [2.75, 3.05) is 26.0 Å². The van der Waals surface area contributed by atoms with E-state index < -0.39 is 9.84 Å². The topological polar surface area (TPSA) is 64.6 Å². The monoisotopic (exact) mass is 327 g/mol. The fourth-order valence-electron chi connectivity index (χ4n) is 2.44. The minimum Gasteiger partial charge on any atom is -0.346 e. The molecule has 0 aliphatic carbocycles. The highest BCUT2D eigenvalue weighted by molar-refractivity contribution is 7.91. The van der Waals surface area contributed by atoms with Crippen LogP contribution in [0, 0.1) is 13.8 Å². The van der Waals surface area contributed by atoms with Crippen LogP contribution in [0.3, 0.4) is 0 Å². The van der Waals surface area contributed by atoms with Crippen molar-refractivity contribution in [3.05, 3.63) is 34.4 Å². The molecule has 1 atom stereocenters. The summed E-state index contributed by atoms with van der Waals surface area (Å²) < 4.78 is 34.0. The molecule has 1 aromatic carbocycles. The molecule has 1 heterocycles. The molecule has 124 valence electrons. The summed E-state index contributed by atoms with van der Waals surface area (Å²) >= 11 is 0. The van der Waals surface area contributed by atoms with Crippen molar-refractivity contribution in [1.29, 1.82) is 0 Å². The highest BCUT2D eigenvalue weighted by atomic mass is 32.2. The van der Waals surface area contributed by atoms with Crippen LogP contribution in [0.2, 0.25) is 0 Å². The number of sulfone groups is 1. The Bertz CT molecular complexity index is 621.